The average Bonchev–Trinajstić information content (AvgIpc) is 3.07. The zero-order valence-corrected chi connectivity index (χ0v) is 28.7. The number of unbranched alkanes of at least 4 members (excludes halogenated alkanes) is 14. The standard InChI is InChI=1S/C41H60N2O2/c1-4-6-7-8-9-10-11-12-13-14-15-19-22-35-24-26-37(27-25-35)41-42-32-38(33-43-41)36-28-30-39(31-29-36)45-40(44)23-20-17-16-18-21-34(3)5-2/h24-34H,4-23H2,1-3H3. The summed E-state index contributed by atoms with van der Waals surface area (Å²) < 4.78 is 5.55. The van der Waals surface area contributed by atoms with Crippen molar-refractivity contribution in [2.75, 3.05) is 0 Å². The smallest absolute Gasteiger partial charge is 0.311 e. The van der Waals surface area contributed by atoms with Gasteiger partial charge in [0.25, 0.3) is 0 Å². The second kappa shape index (κ2) is 22.5. The Hall–Kier alpha value is -3.01. The minimum absolute atomic E-state index is 0.155. The van der Waals surface area contributed by atoms with Gasteiger partial charge in [-0.15, -0.1) is 0 Å². The Labute approximate surface area is 274 Å². The van der Waals surface area contributed by atoms with E-state index in [1.54, 1.807) is 0 Å². The molecular weight excluding hydrogens is 552 g/mol. The predicted molar refractivity (Wildman–Crippen MR) is 190 cm³/mol. The lowest BCUT2D eigenvalue weighted by atomic mass is 10.0. The van der Waals surface area contributed by atoms with Gasteiger partial charge in [-0.2, -0.15) is 0 Å². The van der Waals surface area contributed by atoms with E-state index < -0.39 is 0 Å². The zero-order chi connectivity index (χ0) is 32.0. The highest BCUT2D eigenvalue weighted by molar-refractivity contribution is 5.73. The number of benzene rings is 2. The second-order valence-electron chi connectivity index (χ2n) is 13.1. The van der Waals surface area contributed by atoms with Gasteiger partial charge in [0, 0.05) is 29.9 Å². The highest BCUT2D eigenvalue weighted by Crippen LogP contribution is 2.24. The van der Waals surface area contributed by atoms with Gasteiger partial charge < -0.3 is 4.74 Å². The molecule has 0 spiro atoms. The van der Waals surface area contributed by atoms with E-state index in [-0.39, 0.29) is 5.97 Å². The van der Waals surface area contributed by atoms with Gasteiger partial charge in [-0.3, -0.25) is 4.79 Å². The summed E-state index contributed by atoms with van der Waals surface area (Å²) in [6, 6.07) is 16.3. The molecule has 0 aliphatic heterocycles. The largest absolute Gasteiger partial charge is 0.427 e. The highest BCUT2D eigenvalue weighted by atomic mass is 16.5. The molecule has 0 amide bonds. The molecule has 1 atom stereocenters. The molecule has 2 aromatic carbocycles. The fraction of sp³-hybridized carbons (Fsp3) is 0.585. The third-order valence-corrected chi connectivity index (χ3v) is 9.13. The monoisotopic (exact) mass is 612 g/mol. The quantitative estimate of drug-likeness (QED) is 0.0573. The summed E-state index contributed by atoms with van der Waals surface area (Å²) >= 11 is 0. The van der Waals surface area contributed by atoms with Crippen LogP contribution in [0.25, 0.3) is 22.5 Å². The molecule has 45 heavy (non-hydrogen) atoms. The molecule has 3 aromatic rings. The minimum atomic E-state index is -0.155. The van der Waals surface area contributed by atoms with Crippen molar-refractivity contribution >= 4 is 5.97 Å². The van der Waals surface area contributed by atoms with E-state index in [1.807, 2.05) is 36.7 Å². The molecule has 0 aliphatic carbocycles. The highest BCUT2D eigenvalue weighted by Gasteiger charge is 2.08. The molecule has 1 heterocycles. The lowest BCUT2D eigenvalue weighted by molar-refractivity contribution is -0.134. The SMILES string of the molecule is CCCCCCCCCCCCCCc1ccc(-c2ncc(-c3ccc(OC(=O)CCCCCCC(C)CC)cc3)cn2)cc1. The molecule has 0 saturated heterocycles. The second-order valence-corrected chi connectivity index (χ2v) is 13.1. The molecule has 0 radical (unpaired) electrons. The molecule has 1 unspecified atom stereocenters. The first kappa shape index (κ1) is 36.5. The Morgan fingerprint density at radius 2 is 1.16 bits per heavy atom. The van der Waals surface area contributed by atoms with Gasteiger partial charge in [0.05, 0.1) is 0 Å². The van der Waals surface area contributed by atoms with Crippen LogP contribution in [0.2, 0.25) is 0 Å². The lowest BCUT2D eigenvalue weighted by Gasteiger charge is -2.08. The van der Waals surface area contributed by atoms with Crippen LogP contribution in [0.4, 0.5) is 0 Å². The molecule has 0 saturated carbocycles. The number of aromatic nitrogens is 2. The summed E-state index contributed by atoms with van der Waals surface area (Å²) in [4.78, 5) is 21.5. The van der Waals surface area contributed by atoms with Crippen molar-refractivity contribution in [2.45, 2.75) is 149 Å². The number of carbonyl (C=O) groups is 1. The van der Waals surface area contributed by atoms with E-state index in [0.29, 0.717) is 12.2 Å². The van der Waals surface area contributed by atoms with Gasteiger partial charge in [-0.25, -0.2) is 9.97 Å². The van der Waals surface area contributed by atoms with Crippen molar-refractivity contribution in [1.82, 2.24) is 9.97 Å². The van der Waals surface area contributed by atoms with Gasteiger partial charge in [0.1, 0.15) is 5.75 Å². The van der Waals surface area contributed by atoms with Crippen LogP contribution in [0, 0.1) is 5.92 Å². The fourth-order valence-electron chi connectivity index (χ4n) is 5.83. The van der Waals surface area contributed by atoms with Crippen LogP contribution in [0.3, 0.4) is 0 Å². The summed E-state index contributed by atoms with van der Waals surface area (Å²) in [5, 5.41) is 0. The average molecular weight is 613 g/mol. The Kier molecular flexibility index (Phi) is 18.2. The van der Waals surface area contributed by atoms with Crippen LogP contribution < -0.4 is 4.74 Å². The number of nitrogens with zero attached hydrogens (tertiary/aromatic N) is 2. The molecule has 0 N–H and O–H groups in total. The molecule has 0 aliphatic rings. The van der Waals surface area contributed by atoms with E-state index in [2.05, 4.69) is 55.0 Å². The molecule has 1 aromatic heterocycles. The van der Waals surface area contributed by atoms with E-state index in [1.165, 1.54) is 108 Å². The summed E-state index contributed by atoms with van der Waals surface area (Å²) in [6.07, 6.45) is 28.9. The van der Waals surface area contributed by atoms with Crippen molar-refractivity contribution in [3.63, 3.8) is 0 Å². The number of hydrogen-bond acceptors (Lipinski definition) is 4. The predicted octanol–water partition coefficient (Wildman–Crippen LogP) is 12.3. The Balaban J connectivity index is 1.31. The third-order valence-electron chi connectivity index (χ3n) is 9.13. The van der Waals surface area contributed by atoms with Crippen molar-refractivity contribution in [1.29, 1.82) is 0 Å². The maximum atomic E-state index is 12.3. The van der Waals surface area contributed by atoms with Gasteiger partial charge in [0.2, 0.25) is 0 Å². The van der Waals surface area contributed by atoms with E-state index in [4.69, 9.17) is 4.74 Å². The number of esters is 1. The van der Waals surface area contributed by atoms with Crippen molar-refractivity contribution in [3.05, 3.63) is 66.5 Å². The van der Waals surface area contributed by atoms with E-state index >= 15 is 0 Å². The first-order valence-corrected chi connectivity index (χ1v) is 18.3. The van der Waals surface area contributed by atoms with Crippen molar-refractivity contribution in [2.24, 2.45) is 5.92 Å². The number of ether oxygens (including phenoxy) is 1. The topological polar surface area (TPSA) is 52.1 Å². The normalized spacial score (nSPS) is 11.9. The molecule has 4 heteroatoms. The summed E-state index contributed by atoms with van der Waals surface area (Å²) in [7, 11) is 0. The Morgan fingerprint density at radius 1 is 0.622 bits per heavy atom. The Bertz CT molecular complexity index is 1170. The summed E-state index contributed by atoms with van der Waals surface area (Å²) in [5.74, 6) is 1.97. The van der Waals surface area contributed by atoms with Crippen LogP contribution in [0.15, 0.2) is 60.9 Å². The number of carbonyl (C=O) groups excluding carboxylic acids is 1. The maximum absolute atomic E-state index is 12.3. The third kappa shape index (κ3) is 15.2. The van der Waals surface area contributed by atoms with Gasteiger partial charge in [0.15, 0.2) is 5.82 Å². The van der Waals surface area contributed by atoms with Crippen molar-refractivity contribution in [3.8, 4) is 28.3 Å². The van der Waals surface area contributed by atoms with Crippen LogP contribution >= 0.6 is 0 Å². The molecule has 3 rings (SSSR count). The fourth-order valence-corrected chi connectivity index (χ4v) is 5.83. The number of aryl methyl sites for hydroxylation is 1. The van der Waals surface area contributed by atoms with Crippen LogP contribution in [-0.2, 0) is 11.2 Å². The van der Waals surface area contributed by atoms with Crippen molar-refractivity contribution < 1.29 is 9.53 Å². The van der Waals surface area contributed by atoms with E-state index in [9.17, 15) is 4.79 Å². The number of hydrogen-bond donors (Lipinski definition) is 0. The molecule has 0 bridgehead atoms. The van der Waals surface area contributed by atoms with Crippen LogP contribution in [0.1, 0.15) is 148 Å². The lowest BCUT2D eigenvalue weighted by Crippen LogP contribution is -2.07. The first-order valence-electron chi connectivity index (χ1n) is 18.3. The molecule has 4 nitrogen and oxygen atoms in total. The van der Waals surface area contributed by atoms with Crippen LogP contribution in [-0.4, -0.2) is 15.9 Å². The first-order chi connectivity index (χ1) is 22.1. The zero-order valence-electron chi connectivity index (χ0n) is 28.7. The van der Waals surface area contributed by atoms with Gasteiger partial charge in [-0.05, 0) is 48.4 Å². The van der Waals surface area contributed by atoms with Crippen LogP contribution in [0.5, 0.6) is 5.75 Å². The summed E-state index contributed by atoms with van der Waals surface area (Å²) in [5.41, 5.74) is 4.37. The van der Waals surface area contributed by atoms with Gasteiger partial charge in [-0.1, -0.05) is 160 Å². The molecule has 246 valence electrons. The molecular formula is C41H60N2O2. The van der Waals surface area contributed by atoms with E-state index in [0.717, 1.165) is 47.7 Å². The Morgan fingerprint density at radius 3 is 1.76 bits per heavy atom. The minimum Gasteiger partial charge on any atom is -0.427 e. The number of rotatable bonds is 24. The summed E-state index contributed by atoms with van der Waals surface area (Å²) in [6.45, 7) is 6.84. The maximum Gasteiger partial charge on any atom is 0.311 e. The van der Waals surface area contributed by atoms with Gasteiger partial charge >= 0.3 is 5.97 Å². The molecule has 0 fully saturated rings.